The fraction of sp³-hybridized carbons (Fsp3) is 0.391. The standard InChI is InChI=1S/C23H25ClN6O3/c1-13-25-22(28-30(13)19-9-4-5-10-33-19)14-7-6-8-15(21(14)32-3)26-16-11-18(24)27-17-12-29(2)23(31)20(16)17/h6-8,11,19H,4-5,9-10,12H2,1-3H3,(H,26,27). The molecule has 0 radical (unpaired) electrons. The number of nitrogens with zero attached hydrogens (tertiary/aromatic N) is 5. The Morgan fingerprint density at radius 3 is 2.85 bits per heavy atom. The van der Waals surface area contributed by atoms with Crippen LogP contribution in [0.25, 0.3) is 11.4 Å². The molecule has 0 spiro atoms. The molecule has 4 heterocycles. The normalized spacial score (nSPS) is 17.9. The van der Waals surface area contributed by atoms with Crippen molar-refractivity contribution in [2.45, 2.75) is 39.0 Å². The van der Waals surface area contributed by atoms with Crippen LogP contribution < -0.4 is 10.1 Å². The van der Waals surface area contributed by atoms with Crippen LogP contribution in [-0.4, -0.2) is 51.3 Å². The number of benzene rings is 1. The van der Waals surface area contributed by atoms with Crippen LogP contribution in [0.5, 0.6) is 5.75 Å². The Hall–Kier alpha value is -3.17. The van der Waals surface area contributed by atoms with Gasteiger partial charge in [0, 0.05) is 13.7 Å². The number of aromatic nitrogens is 4. The van der Waals surface area contributed by atoms with Gasteiger partial charge >= 0.3 is 0 Å². The van der Waals surface area contributed by atoms with Crippen molar-refractivity contribution in [3.8, 4) is 17.1 Å². The van der Waals surface area contributed by atoms with Crippen molar-refractivity contribution in [3.05, 3.63) is 46.5 Å². The molecule has 1 amide bonds. The first kappa shape index (κ1) is 21.7. The fourth-order valence-corrected chi connectivity index (χ4v) is 4.60. The first-order valence-electron chi connectivity index (χ1n) is 10.9. The number of pyridine rings is 1. The molecule has 1 saturated heterocycles. The van der Waals surface area contributed by atoms with Gasteiger partial charge in [0.15, 0.2) is 17.8 Å². The van der Waals surface area contributed by atoms with Crippen LogP contribution in [0.15, 0.2) is 24.3 Å². The molecule has 1 fully saturated rings. The first-order chi connectivity index (χ1) is 16.0. The number of hydrogen-bond acceptors (Lipinski definition) is 7. The number of nitrogens with one attached hydrogen (secondary N) is 1. The number of halogens is 1. The van der Waals surface area contributed by atoms with Crippen molar-refractivity contribution in [1.29, 1.82) is 0 Å². The molecule has 1 N–H and O–H groups in total. The Kier molecular flexibility index (Phi) is 5.67. The third-order valence-electron chi connectivity index (χ3n) is 5.97. The number of fused-ring (bicyclic) bond motifs is 1. The lowest BCUT2D eigenvalue weighted by atomic mass is 10.1. The van der Waals surface area contributed by atoms with E-state index in [-0.39, 0.29) is 12.1 Å². The van der Waals surface area contributed by atoms with Crippen LogP contribution in [0.4, 0.5) is 11.4 Å². The van der Waals surface area contributed by atoms with E-state index in [1.807, 2.05) is 29.8 Å². The number of carbonyl (C=O) groups is 1. The summed E-state index contributed by atoms with van der Waals surface area (Å²) in [4.78, 5) is 23.3. The molecule has 1 aromatic carbocycles. The van der Waals surface area contributed by atoms with E-state index in [0.29, 0.717) is 45.9 Å². The SMILES string of the molecule is COc1c(Nc2cc(Cl)nc3c2C(=O)N(C)C3)cccc1-c1nc(C)n(C2CCCCO2)n1. The van der Waals surface area contributed by atoms with E-state index in [4.69, 9.17) is 26.2 Å². The third kappa shape index (κ3) is 3.91. The molecule has 10 heteroatoms. The Balaban J connectivity index is 1.53. The average molecular weight is 469 g/mol. The second kappa shape index (κ2) is 8.64. The van der Waals surface area contributed by atoms with Gasteiger partial charge in [0.1, 0.15) is 11.0 Å². The van der Waals surface area contributed by atoms with E-state index in [1.165, 1.54) is 0 Å². The zero-order chi connectivity index (χ0) is 23.1. The van der Waals surface area contributed by atoms with Crippen molar-refractivity contribution in [1.82, 2.24) is 24.6 Å². The lowest BCUT2D eigenvalue weighted by Gasteiger charge is -2.23. The number of hydrogen-bond donors (Lipinski definition) is 1. The zero-order valence-electron chi connectivity index (χ0n) is 18.8. The lowest BCUT2D eigenvalue weighted by molar-refractivity contribution is -0.0408. The summed E-state index contributed by atoms with van der Waals surface area (Å²) >= 11 is 6.24. The number of rotatable bonds is 5. The van der Waals surface area contributed by atoms with E-state index in [1.54, 1.807) is 25.1 Å². The maximum atomic E-state index is 12.7. The van der Waals surface area contributed by atoms with Crippen molar-refractivity contribution in [2.24, 2.45) is 0 Å². The van der Waals surface area contributed by atoms with Crippen LogP contribution in [0.3, 0.4) is 0 Å². The van der Waals surface area contributed by atoms with Crippen molar-refractivity contribution < 1.29 is 14.3 Å². The number of amides is 1. The van der Waals surface area contributed by atoms with Crippen LogP contribution in [0, 0.1) is 6.92 Å². The van der Waals surface area contributed by atoms with Crippen LogP contribution in [0.2, 0.25) is 5.15 Å². The summed E-state index contributed by atoms with van der Waals surface area (Å²) in [5.41, 5.74) is 3.16. The quantitative estimate of drug-likeness (QED) is 0.556. The Morgan fingerprint density at radius 2 is 2.09 bits per heavy atom. The molecule has 172 valence electrons. The molecule has 9 nitrogen and oxygen atoms in total. The van der Waals surface area contributed by atoms with E-state index >= 15 is 0 Å². The minimum Gasteiger partial charge on any atom is -0.494 e. The summed E-state index contributed by atoms with van der Waals surface area (Å²) < 4.78 is 13.5. The largest absolute Gasteiger partial charge is 0.494 e. The van der Waals surface area contributed by atoms with Crippen molar-refractivity contribution in [3.63, 3.8) is 0 Å². The van der Waals surface area contributed by atoms with E-state index < -0.39 is 0 Å². The lowest BCUT2D eigenvalue weighted by Crippen LogP contribution is -2.20. The van der Waals surface area contributed by atoms with Gasteiger partial charge in [0.2, 0.25) is 0 Å². The molecule has 3 aromatic rings. The zero-order valence-corrected chi connectivity index (χ0v) is 19.5. The second-order valence-electron chi connectivity index (χ2n) is 8.24. The number of carbonyl (C=O) groups excluding carboxylic acids is 1. The van der Waals surface area contributed by atoms with Gasteiger partial charge < -0.3 is 19.7 Å². The number of methoxy groups -OCH3 is 1. The van der Waals surface area contributed by atoms with Gasteiger partial charge in [-0.25, -0.2) is 14.6 Å². The number of para-hydroxylation sites is 1. The molecular formula is C23H25ClN6O3. The molecule has 2 aliphatic rings. The van der Waals surface area contributed by atoms with Crippen LogP contribution in [0.1, 0.15) is 47.4 Å². The van der Waals surface area contributed by atoms with Crippen molar-refractivity contribution in [2.75, 3.05) is 26.1 Å². The molecule has 0 aliphatic carbocycles. The van der Waals surface area contributed by atoms with Gasteiger partial charge in [0.05, 0.1) is 41.9 Å². The maximum absolute atomic E-state index is 12.7. The minimum absolute atomic E-state index is 0.100. The average Bonchev–Trinajstić information content (AvgIpc) is 3.33. The smallest absolute Gasteiger partial charge is 0.257 e. The van der Waals surface area contributed by atoms with Gasteiger partial charge in [-0.15, -0.1) is 5.10 Å². The molecule has 33 heavy (non-hydrogen) atoms. The van der Waals surface area contributed by atoms with E-state index in [9.17, 15) is 4.79 Å². The molecule has 1 atom stereocenters. The van der Waals surface area contributed by atoms with Gasteiger partial charge in [-0.1, -0.05) is 17.7 Å². The number of ether oxygens (including phenoxy) is 2. The highest BCUT2D eigenvalue weighted by Crippen LogP contribution is 2.39. The molecule has 2 aliphatic heterocycles. The molecular weight excluding hydrogens is 444 g/mol. The molecule has 0 saturated carbocycles. The van der Waals surface area contributed by atoms with E-state index in [2.05, 4.69) is 15.3 Å². The number of anilines is 2. The Bertz CT molecular complexity index is 1220. The number of aryl methyl sites for hydroxylation is 1. The monoisotopic (exact) mass is 468 g/mol. The van der Waals surface area contributed by atoms with Gasteiger partial charge in [-0.2, -0.15) is 0 Å². The van der Waals surface area contributed by atoms with Gasteiger partial charge in [0.25, 0.3) is 5.91 Å². The summed E-state index contributed by atoms with van der Waals surface area (Å²) in [6.07, 6.45) is 2.99. The van der Waals surface area contributed by atoms with Crippen LogP contribution >= 0.6 is 11.6 Å². The summed E-state index contributed by atoms with van der Waals surface area (Å²) in [5, 5.41) is 8.38. The van der Waals surface area contributed by atoms with E-state index in [0.717, 1.165) is 37.3 Å². The molecule has 1 unspecified atom stereocenters. The summed E-state index contributed by atoms with van der Waals surface area (Å²) in [6.45, 7) is 3.08. The predicted octanol–water partition coefficient (Wildman–Crippen LogP) is 4.34. The van der Waals surface area contributed by atoms with Crippen molar-refractivity contribution >= 4 is 28.9 Å². The highest BCUT2D eigenvalue weighted by Gasteiger charge is 2.30. The summed E-state index contributed by atoms with van der Waals surface area (Å²) in [7, 11) is 3.34. The Labute approximate surface area is 196 Å². The second-order valence-corrected chi connectivity index (χ2v) is 8.62. The highest BCUT2D eigenvalue weighted by atomic mass is 35.5. The predicted molar refractivity (Wildman–Crippen MR) is 124 cm³/mol. The minimum atomic E-state index is -0.102. The summed E-state index contributed by atoms with van der Waals surface area (Å²) in [6, 6.07) is 7.33. The van der Waals surface area contributed by atoms with Gasteiger partial charge in [-0.3, -0.25) is 4.79 Å². The Morgan fingerprint density at radius 1 is 1.24 bits per heavy atom. The maximum Gasteiger partial charge on any atom is 0.257 e. The fourth-order valence-electron chi connectivity index (χ4n) is 4.38. The highest BCUT2D eigenvalue weighted by molar-refractivity contribution is 6.30. The molecule has 2 aromatic heterocycles. The summed E-state index contributed by atoms with van der Waals surface area (Å²) in [5.74, 6) is 1.80. The first-order valence-corrected chi connectivity index (χ1v) is 11.3. The van der Waals surface area contributed by atoms with Gasteiger partial charge in [-0.05, 0) is 44.4 Å². The topological polar surface area (TPSA) is 94.4 Å². The molecule has 0 bridgehead atoms. The third-order valence-corrected chi connectivity index (χ3v) is 6.16. The van der Waals surface area contributed by atoms with Crippen LogP contribution in [-0.2, 0) is 11.3 Å². The molecule has 5 rings (SSSR count).